The summed E-state index contributed by atoms with van der Waals surface area (Å²) in [7, 11) is -3.65. The fraction of sp³-hybridized carbons (Fsp3) is 0.500. The molecule has 0 spiro atoms. The lowest BCUT2D eigenvalue weighted by Gasteiger charge is -2.14. The fourth-order valence-corrected chi connectivity index (χ4v) is 3.11. The zero-order valence-corrected chi connectivity index (χ0v) is 14.2. The first-order valence-electron chi connectivity index (χ1n) is 6.80. The Morgan fingerprint density at radius 1 is 1.29 bits per heavy atom. The third-order valence-electron chi connectivity index (χ3n) is 2.87. The summed E-state index contributed by atoms with van der Waals surface area (Å²) in [6.07, 6.45) is 0.774. The second-order valence-electron chi connectivity index (χ2n) is 5.20. The number of hydrogen-bond acceptors (Lipinski definition) is 3. The van der Waals surface area contributed by atoms with Gasteiger partial charge in [0.25, 0.3) is 5.91 Å². The highest BCUT2D eigenvalue weighted by molar-refractivity contribution is 7.89. The third kappa shape index (κ3) is 4.98. The first-order valence-corrected chi connectivity index (χ1v) is 8.66. The molecule has 1 amide bonds. The van der Waals surface area contributed by atoms with Crippen molar-refractivity contribution >= 4 is 27.5 Å². The molecule has 0 aliphatic carbocycles. The van der Waals surface area contributed by atoms with Crippen molar-refractivity contribution in [3.63, 3.8) is 0 Å². The number of hydrogen-bond donors (Lipinski definition) is 2. The number of benzene rings is 1. The lowest BCUT2D eigenvalue weighted by Crippen LogP contribution is -2.33. The molecule has 1 aromatic rings. The van der Waals surface area contributed by atoms with E-state index in [2.05, 4.69) is 10.0 Å². The van der Waals surface area contributed by atoms with Crippen molar-refractivity contribution in [1.82, 2.24) is 10.0 Å². The summed E-state index contributed by atoms with van der Waals surface area (Å²) in [4.78, 5) is 12.1. The molecular formula is C14H21ClN2O3S. The second kappa shape index (κ2) is 7.24. The van der Waals surface area contributed by atoms with Crippen LogP contribution in [0.25, 0.3) is 0 Å². The van der Waals surface area contributed by atoms with Crippen molar-refractivity contribution in [1.29, 1.82) is 0 Å². The van der Waals surface area contributed by atoms with Crippen LogP contribution in [0.4, 0.5) is 0 Å². The van der Waals surface area contributed by atoms with Gasteiger partial charge in [-0.15, -0.1) is 0 Å². The molecule has 1 unspecified atom stereocenters. The second-order valence-corrected chi connectivity index (χ2v) is 7.32. The predicted molar refractivity (Wildman–Crippen MR) is 84.1 cm³/mol. The van der Waals surface area contributed by atoms with E-state index in [-0.39, 0.29) is 33.5 Å². The maximum atomic E-state index is 12.1. The van der Waals surface area contributed by atoms with E-state index in [4.69, 9.17) is 11.6 Å². The highest BCUT2D eigenvalue weighted by Crippen LogP contribution is 2.21. The maximum Gasteiger partial charge on any atom is 0.253 e. The number of carbonyl (C=O) groups is 1. The monoisotopic (exact) mass is 332 g/mol. The summed E-state index contributed by atoms with van der Waals surface area (Å²) in [5.41, 5.74) is 0.156. The highest BCUT2D eigenvalue weighted by atomic mass is 35.5. The van der Waals surface area contributed by atoms with Gasteiger partial charge in [-0.3, -0.25) is 4.79 Å². The van der Waals surface area contributed by atoms with Crippen molar-refractivity contribution in [2.45, 2.75) is 51.1 Å². The molecule has 0 saturated carbocycles. The van der Waals surface area contributed by atoms with Crippen LogP contribution < -0.4 is 10.0 Å². The van der Waals surface area contributed by atoms with Crippen molar-refractivity contribution in [3.05, 3.63) is 28.8 Å². The van der Waals surface area contributed by atoms with Crippen LogP contribution in [0.5, 0.6) is 0 Å². The van der Waals surface area contributed by atoms with Gasteiger partial charge in [-0.05, 0) is 45.4 Å². The zero-order chi connectivity index (χ0) is 16.2. The van der Waals surface area contributed by atoms with Crippen LogP contribution in [0, 0.1) is 0 Å². The van der Waals surface area contributed by atoms with E-state index in [9.17, 15) is 13.2 Å². The van der Waals surface area contributed by atoms with Crippen LogP contribution in [0.3, 0.4) is 0 Å². The molecule has 0 aliphatic rings. The van der Waals surface area contributed by atoms with Gasteiger partial charge in [0, 0.05) is 12.1 Å². The molecule has 0 radical (unpaired) electrons. The zero-order valence-electron chi connectivity index (χ0n) is 12.6. The largest absolute Gasteiger partial charge is 0.350 e. The molecule has 0 bridgehead atoms. The van der Waals surface area contributed by atoms with Crippen molar-refractivity contribution in [3.8, 4) is 0 Å². The van der Waals surface area contributed by atoms with Crippen molar-refractivity contribution in [2.75, 3.05) is 0 Å². The van der Waals surface area contributed by atoms with Gasteiger partial charge in [0.1, 0.15) is 0 Å². The van der Waals surface area contributed by atoms with Gasteiger partial charge < -0.3 is 5.32 Å². The molecular weight excluding hydrogens is 312 g/mol. The molecule has 7 heteroatoms. The smallest absolute Gasteiger partial charge is 0.253 e. The highest BCUT2D eigenvalue weighted by Gasteiger charge is 2.20. The summed E-state index contributed by atoms with van der Waals surface area (Å²) >= 11 is 6.00. The molecule has 21 heavy (non-hydrogen) atoms. The van der Waals surface area contributed by atoms with Gasteiger partial charge in [-0.2, -0.15) is 0 Å². The number of rotatable bonds is 6. The van der Waals surface area contributed by atoms with E-state index in [1.165, 1.54) is 18.2 Å². The minimum atomic E-state index is -3.65. The van der Waals surface area contributed by atoms with Gasteiger partial charge in [0.2, 0.25) is 10.0 Å². The Kier molecular flexibility index (Phi) is 6.19. The Morgan fingerprint density at radius 3 is 2.43 bits per heavy atom. The van der Waals surface area contributed by atoms with Gasteiger partial charge in [0.05, 0.1) is 15.5 Å². The lowest BCUT2D eigenvalue weighted by atomic mass is 10.2. The number of carbonyl (C=O) groups excluding carboxylic acids is 1. The van der Waals surface area contributed by atoms with Crippen LogP contribution in [0.2, 0.25) is 5.02 Å². The number of halogens is 1. The van der Waals surface area contributed by atoms with Crippen molar-refractivity contribution in [2.24, 2.45) is 0 Å². The quantitative estimate of drug-likeness (QED) is 0.840. The molecule has 1 rings (SSSR count). The van der Waals surface area contributed by atoms with Crippen LogP contribution in [-0.2, 0) is 10.0 Å². The molecule has 0 fully saturated rings. The molecule has 0 aromatic heterocycles. The van der Waals surface area contributed by atoms with E-state index in [1.807, 2.05) is 13.8 Å². The molecule has 5 nitrogen and oxygen atoms in total. The molecule has 118 valence electrons. The Balaban J connectivity index is 3.14. The summed E-state index contributed by atoms with van der Waals surface area (Å²) < 4.78 is 26.7. The minimum Gasteiger partial charge on any atom is -0.350 e. The molecule has 0 saturated heterocycles. The standard InChI is InChI=1S/C14H21ClN2O3S/c1-5-10(4)16-14(18)12-8-11(6-7-13(12)15)21(19,20)17-9(2)3/h6-10,17H,5H2,1-4H3,(H,16,18). The molecule has 0 heterocycles. The normalized spacial score (nSPS) is 13.2. The Hall–Kier alpha value is -1.11. The van der Waals surface area contributed by atoms with Gasteiger partial charge in [0.15, 0.2) is 0 Å². The topological polar surface area (TPSA) is 75.3 Å². The van der Waals surface area contributed by atoms with Crippen LogP contribution in [0.1, 0.15) is 44.5 Å². The van der Waals surface area contributed by atoms with E-state index < -0.39 is 10.0 Å². The number of amides is 1. The van der Waals surface area contributed by atoms with Gasteiger partial charge in [-0.1, -0.05) is 18.5 Å². The molecule has 2 N–H and O–H groups in total. The molecule has 0 aliphatic heterocycles. The molecule has 1 atom stereocenters. The van der Waals surface area contributed by atoms with E-state index in [0.717, 1.165) is 6.42 Å². The van der Waals surface area contributed by atoms with Crippen LogP contribution in [-0.4, -0.2) is 26.4 Å². The van der Waals surface area contributed by atoms with E-state index >= 15 is 0 Å². The molecule has 1 aromatic carbocycles. The SMILES string of the molecule is CCC(C)NC(=O)c1cc(S(=O)(=O)NC(C)C)ccc1Cl. The predicted octanol–water partition coefficient (Wildman–Crippen LogP) is 2.56. The third-order valence-corrected chi connectivity index (χ3v) is 4.86. The maximum absolute atomic E-state index is 12.1. The van der Waals surface area contributed by atoms with Crippen LogP contribution in [0.15, 0.2) is 23.1 Å². The first-order chi connectivity index (χ1) is 9.67. The van der Waals surface area contributed by atoms with Crippen molar-refractivity contribution < 1.29 is 13.2 Å². The summed E-state index contributed by atoms with van der Waals surface area (Å²) in [6.45, 7) is 7.26. The van der Waals surface area contributed by atoms with E-state index in [1.54, 1.807) is 13.8 Å². The number of nitrogens with one attached hydrogen (secondary N) is 2. The summed E-state index contributed by atoms with van der Waals surface area (Å²) in [5.74, 6) is -0.379. The average Bonchev–Trinajstić information content (AvgIpc) is 2.37. The lowest BCUT2D eigenvalue weighted by molar-refractivity contribution is 0.0939. The Labute approximate surface area is 131 Å². The summed E-state index contributed by atoms with van der Waals surface area (Å²) in [6, 6.07) is 3.85. The first kappa shape index (κ1) is 17.9. The minimum absolute atomic E-state index is 0.0115. The fourth-order valence-electron chi connectivity index (χ4n) is 1.63. The Bertz CT molecular complexity index is 615. The Morgan fingerprint density at radius 2 is 1.90 bits per heavy atom. The van der Waals surface area contributed by atoms with E-state index in [0.29, 0.717) is 0 Å². The van der Waals surface area contributed by atoms with Crippen LogP contribution >= 0.6 is 11.6 Å². The number of sulfonamides is 1. The van der Waals surface area contributed by atoms with Gasteiger partial charge in [-0.25, -0.2) is 13.1 Å². The van der Waals surface area contributed by atoms with Gasteiger partial charge >= 0.3 is 0 Å². The summed E-state index contributed by atoms with van der Waals surface area (Å²) in [5, 5.41) is 2.99. The average molecular weight is 333 g/mol.